The number of hydrogen-bond acceptors (Lipinski definition) is 6. The highest BCUT2D eigenvalue weighted by Gasteiger charge is 2.21. The van der Waals surface area contributed by atoms with E-state index < -0.39 is 4.92 Å². The molecule has 0 spiro atoms. The van der Waals surface area contributed by atoms with Crippen LogP contribution in [0.3, 0.4) is 0 Å². The molecular formula is C23H25N5O3S. The number of benzene rings is 2. The van der Waals surface area contributed by atoms with Crippen LogP contribution in [0.25, 0.3) is 11.4 Å². The lowest BCUT2D eigenvalue weighted by Crippen LogP contribution is -2.31. The van der Waals surface area contributed by atoms with Gasteiger partial charge in [-0.2, -0.15) is 0 Å². The molecule has 32 heavy (non-hydrogen) atoms. The van der Waals surface area contributed by atoms with Crippen LogP contribution < -0.4 is 5.32 Å². The average molecular weight is 452 g/mol. The van der Waals surface area contributed by atoms with E-state index in [4.69, 9.17) is 0 Å². The summed E-state index contributed by atoms with van der Waals surface area (Å²) < 4.78 is 1.81. The molecule has 1 atom stereocenters. The summed E-state index contributed by atoms with van der Waals surface area (Å²) in [7, 11) is 0. The van der Waals surface area contributed by atoms with E-state index in [0.29, 0.717) is 34.4 Å². The van der Waals surface area contributed by atoms with E-state index >= 15 is 0 Å². The first-order valence-electron chi connectivity index (χ1n) is 10.2. The van der Waals surface area contributed by atoms with Crippen LogP contribution in [0.5, 0.6) is 0 Å². The Balaban J connectivity index is 1.77. The summed E-state index contributed by atoms with van der Waals surface area (Å²) in [6, 6.07) is 14.0. The van der Waals surface area contributed by atoms with Crippen molar-refractivity contribution in [1.82, 2.24) is 20.1 Å². The van der Waals surface area contributed by atoms with Crippen molar-refractivity contribution in [3.05, 3.63) is 82.4 Å². The van der Waals surface area contributed by atoms with Crippen molar-refractivity contribution >= 4 is 23.4 Å². The molecule has 0 aliphatic carbocycles. The number of hydrogen-bond donors (Lipinski definition) is 1. The SMILES string of the molecule is C=CCn1c(SCc2ccc(C(=O)N[C@@H](C)CC)cc2)nnc1-c1ccccc1[N+](=O)[O-]. The molecule has 3 rings (SSSR count). The Morgan fingerprint density at radius 1 is 1.25 bits per heavy atom. The Hall–Kier alpha value is -3.46. The van der Waals surface area contributed by atoms with Gasteiger partial charge in [-0.15, -0.1) is 16.8 Å². The van der Waals surface area contributed by atoms with Crippen LogP contribution in [0.15, 0.2) is 66.3 Å². The Kier molecular flexibility index (Phi) is 7.77. The van der Waals surface area contributed by atoms with Crippen molar-refractivity contribution in [2.24, 2.45) is 0 Å². The van der Waals surface area contributed by atoms with Crippen LogP contribution in [0, 0.1) is 10.1 Å². The fraction of sp³-hybridized carbons (Fsp3) is 0.261. The number of nitro groups is 1. The molecule has 1 aromatic heterocycles. The number of thioether (sulfide) groups is 1. The van der Waals surface area contributed by atoms with Gasteiger partial charge in [0.1, 0.15) is 0 Å². The highest BCUT2D eigenvalue weighted by atomic mass is 32.2. The van der Waals surface area contributed by atoms with Crippen molar-refractivity contribution in [2.75, 3.05) is 0 Å². The first-order chi connectivity index (χ1) is 15.4. The maximum Gasteiger partial charge on any atom is 0.280 e. The highest BCUT2D eigenvalue weighted by Crippen LogP contribution is 2.31. The summed E-state index contributed by atoms with van der Waals surface area (Å²) in [6.45, 7) is 8.20. The maximum atomic E-state index is 12.2. The van der Waals surface area contributed by atoms with Crippen molar-refractivity contribution in [3.8, 4) is 11.4 Å². The third-order valence-corrected chi connectivity index (χ3v) is 5.98. The summed E-state index contributed by atoms with van der Waals surface area (Å²) in [4.78, 5) is 23.2. The van der Waals surface area contributed by atoms with Gasteiger partial charge in [-0.1, -0.05) is 49.0 Å². The van der Waals surface area contributed by atoms with Gasteiger partial charge in [0.15, 0.2) is 11.0 Å². The molecule has 0 saturated carbocycles. The predicted octanol–water partition coefficient (Wildman–Crippen LogP) is 4.86. The molecule has 9 heteroatoms. The molecular weight excluding hydrogens is 426 g/mol. The third kappa shape index (κ3) is 5.42. The number of rotatable bonds is 10. The normalized spacial score (nSPS) is 11.7. The number of allylic oxidation sites excluding steroid dienone is 1. The van der Waals surface area contributed by atoms with Crippen LogP contribution in [-0.2, 0) is 12.3 Å². The molecule has 0 unspecified atom stereocenters. The lowest BCUT2D eigenvalue weighted by molar-refractivity contribution is -0.384. The minimum absolute atomic E-state index is 0.0204. The van der Waals surface area contributed by atoms with Gasteiger partial charge in [-0.05, 0) is 37.1 Å². The van der Waals surface area contributed by atoms with E-state index in [1.54, 1.807) is 36.4 Å². The molecule has 0 saturated heterocycles. The zero-order valence-electron chi connectivity index (χ0n) is 18.0. The van der Waals surface area contributed by atoms with Crippen LogP contribution in [-0.4, -0.2) is 31.6 Å². The van der Waals surface area contributed by atoms with Gasteiger partial charge in [0.2, 0.25) is 0 Å². The fourth-order valence-electron chi connectivity index (χ4n) is 3.02. The van der Waals surface area contributed by atoms with Crippen LogP contribution in [0.1, 0.15) is 36.2 Å². The van der Waals surface area contributed by atoms with Crippen molar-refractivity contribution < 1.29 is 9.72 Å². The van der Waals surface area contributed by atoms with Gasteiger partial charge < -0.3 is 5.32 Å². The second-order valence-corrected chi connectivity index (χ2v) is 8.19. The Morgan fingerprint density at radius 3 is 2.62 bits per heavy atom. The van der Waals surface area contributed by atoms with E-state index in [1.165, 1.54) is 17.8 Å². The first-order valence-corrected chi connectivity index (χ1v) is 11.2. The number of carbonyl (C=O) groups is 1. The van der Waals surface area contributed by atoms with Crippen LogP contribution in [0.2, 0.25) is 0 Å². The molecule has 0 fully saturated rings. The monoisotopic (exact) mass is 451 g/mol. The first kappa shape index (κ1) is 23.2. The number of aromatic nitrogens is 3. The van der Waals surface area contributed by atoms with Crippen molar-refractivity contribution in [3.63, 3.8) is 0 Å². The Morgan fingerprint density at radius 2 is 1.97 bits per heavy atom. The molecule has 1 N–H and O–H groups in total. The van der Waals surface area contributed by atoms with Gasteiger partial charge in [-0.25, -0.2) is 0 Å². The van der Waals surface area contributed by atoms with Crippen molar-refractivity contribution in [2.45, 2.75) is 43.8 Å². The molecule has 166 valence electrons. The van der Waals surface area contributed by atoms with Gasteiger partial charge in [-0.3, -0.25) is 19.5 Å². The lowest BCUT2D eigenvalue weighted by Gasteiger charge is -2.11. The van der Waals surface area contributed by atoms with Crippen LogP contribution >= 0.6 is 11.8 Å². The minimum Gasteiger partial charge on any atom is -0.350 e. The molecule has 2 aromatic carbocycles. The number of amides is 1. The number of nitrogens with one attached hydrogen (secondary N) is 1. The maximum absolute atomic E-state index is 12.2. The number of para-hydroxylation sites is 1. The summed E-state index contributed by atoms with van der Waals surface area (Å²) in [6.07, 6.45) is 2.58. The van der Waals surface area contributed by atoms with E-state index in [2.05, 4.69) is 22.1 Å². The lowest BCUT2D eigenvalue weighted by atomic mass is 10.1. The predicted molar refractivity (Wildman–Crippen MR) is 126 cm³/mol. The van der Waals surface area contributed by atoms with Gasteiger partial charge >= 0.3 is 0 Å². The fourth-order valence-corrected chi connectivity index (χ4v) is 3.92. The number of nitro benzene ring substituents is 1. The molecule has 0 bridgehead atoms. The molecule has 0 aliphatic heterocycles. The average Bonchev–Trinajstić information content (AvgIpc) is 3.20. The zero-order chi connectivity index (χ0) is 23.1. The minimum atomic E-state index is -0.423. The zero-order valence-corrected chi connectivity index (χ0v) is 18.8. The third-order valence-electron chi connectivity index (χ3n) is 4.94. The highest BCUT2D eigenvalue weighted by molar-refractivity contribution is 7.98. The van der Waals surface area contributed by atoms with Gasteiger partial charge in [0.25, 0.3) is 11.6 Å². The van der Waals surface area contributed by atoms with Gasteiger partial charge in [0.05, 0.1) is 10.5 Å². The summed E-state index contributed by atoms with van der Waals surface area (Å²) >= 11 is 1.47. The second-order valence-electron chi connectivity index (χ2n) is 7.25. The van der Waals surface area contributed by atoms with E-state index in [1.807, 2.05) is 30.5 Å². The van der Waals surface area contributed by atoms with E-state index in [0.717, 1.165) is 12.0 Å². The largest absolute Gasteiger partial charge is 0.350 e. The topological polar surface area (TPSA) is 103 Å². The quantitative estimate of drug-likeness (QED) is 0.204. The standard InChI is InChI=1S/C23H25N5O3S/c1-4-14-27-21(19-8-6-7-9-20(19)28(30)31)25-26-23(27)32-15-17-10-12-18(13-11-17)22(29)24-16(3)5-2/h4,6-13,16H,1,5,14-15H2,2-3H3,(H,24,29)/t16-/m0/s1. The van der Waals surface area contributed by atoms with E-state index in [-0.39, 0.29) is 17.6 Å². The molecule has 1 amide bonds. The number of carbonyl (C=O) groups excluding carboxylic acids is 1. The molecule has 0 radical (unpaired) electrons. The van der Waals surface area contributed by atoms with Gasteiger partial charge in [0, 0.05) is 30.0 Å². The van der Waals surface area contributed by atoms with E-state index in [9.17, 15) is 14.9 Å². The molecule has 1 heterocycles. The number of nitrogens with zero attached hydrogens (tertiary/aromatic N) is 4. The smallest absolute Gasteiger partial charge is 0.280 e. The Labute approximate surface area is 190 Å². The molecule has 3 aromatic rings. The van der Waals surface area contributed by atoms with Crippen LogP contribution in [0.4, 0.5) is 5.69 Å². The molecule has 0 aliphatic rings. The summed E-state index contributed by atoms with van der Waals surface area (Å²) in [5.74, 6) is 0.953. The summed E-state index contributed by atoms with van der Waals surface area (Å²) in [5.41, 5.74) is 2.03. The Bertz CT molecular complexity index is 1110. The molecule has 8 nitrogen and oxygen atoms in total. The summed E-state index contributed by atoms with van der Waals surface area (Å²) in [5, 5.41) is 23.5. The second kappa shape index (κ2) is 10.7. The van der Waals surface area contributed by atoms with Crippen molar-refractivity contribution in [1.29, 1.82) is 0 Å².